The van der Waals surface area contributed by atoms with E-state index in [9.17, 15) is 4.79 Å². The van der Waals surface area contributed by atoms with E-state index in [1.165, 1.54) is 0 Å². The Morgan fingerprint density at radius 1 is 1.06 bits per heavy atom. The zero-order valence-electron chi connectivity index (χ0n) is 12.1. The topological polar surface area (TPSA) is 17.1 Å². The lowest BCUT2D eigenvalue weighted by Crippen LogP contribution is -2.43. The fourth-order valence-electron chi connectivity index (χ4n) is 3.18. The van der Waals surface area contributed by atoms with Gasteiger partial charge in [0, 0.05) is 11.8 Å². The van der Waals surface area contributed by atoms with E-state index in [4.69, 9.17) is 0 Å². The van der Waals surface area contributed by atoms with Crippen molar-refractivity contribution < 1.29 is 4.79 Å². The summed E-state index contributed by atoms with van der Waals surface area (Å²) in [6.45, 7) is 13.9. The van der Waals surface area contributed by atoms with E-state index in [0.29, 0.717) is 22.5 Å². The van der Waals surface area contributed by atoms with Gasteiger partial charge in [0.25, 0.3) is 0 Å². The number of carbonyl (C=O) groups is 1. The monoisotopic (exact) mass is 250 g/mol. The first-order chi connectivity index (χ1) is 7.86. The molecule has 0 amide bonds. The first-order valence-corrected chi connectivity index (χ1v) is 9.07. The summed E-state index contributed by atoms with van der Waals surface area (Å²) in [6.07, 6.45) is 2.07. The second-order valence-corrected chi connectivity index (χ2v) is 11.9. The second kappa shape index (κ2) is 5.39. The van der Waals surface area contributed by atoms with E-state index in [1.807, 2.05) is 0 Å². The van der Waals surface area contributed by atoms with Crippen LogP contribution >= 0.6 is 0 Å². The normalized spacial score (nSPS) is 23.8. The highest BCUT2D eigenvalue weighted by atomic mass is 28.3. The Morgan fingerprint density at radius 2 is 1.53 bits per heavy atom. The fourth-order valence-corrected chi connectivity index (χ4v) is 8.48. The molecule has 1 aliphatic carbocycles. The molecular weight excluding hydrogens is 224 g/mol. The Balaban J connectivity index is 2.94. The molecule has 0 aliphatic heterocycles. The molecule has 0 saturated heterocycles. The van der Waals surface area contributed by atoms with Gasteiger partial charge in [-0.3, -0.25) is 0 Å². The maximum atomic E-state index is 10.6. The van der Waals surface area contributed by atoms with Crippen molar-refractivity contribution in [1.82, 2.24) is 0 Å². The SMILES string of the molecule is CC(C)[Si](C#C[C@@H]1C[C@@H]1C=O)(C(C)C)C(C)C. The summed E-state index contributed by atoms with van der Waals surface area (Å²) in [7, 11) is -1.57. The number of carbonyl (C=O) groups excluding carboxylic acids is 1. The Hall–Kier alpha value is -0.553. The van der Waals surface area contributed by atoms with Gasteiger partial charge in [0.1, 0.15) is 14.4 Å². The molecule has 1 aliphatic rings. The van der Waals surface area contributed by atoms with Crippen molar-refractivity contribution in [2.45, 2.75) is 64.6 Å². The molecule has 96 valence electrons. The standard InChI is InChI=1S/C15H26OSi/c1-11(2)17(12(3)4,13(5)6)8-7-14-9-15(14)10-16/h10-15H,9H2,1-6H3/t14-,15-/m1/s1. The van der Waals surface area contributed by atoms with Gasteiger partial charge in [0.05, 0.1) is 0 Å². The van der Waals surface area contributed by atoms with Crippen molar-refractivity contribution in [3.05, 3.63) is 0 Å². The van der Waals surface area contributed by atoms with Crippen molar-refractivity contribution in [2.75, 3.05) is 0 Å². The van der Waals surface area contributed by atoms with Crippen LogP contribution in [0.15, 0.2) is 0 Å². The molecule has 0 heterocycles. The van der Waals surface area contributed by atoms with E-state index in [-0.39, 0.29) is 5.92 Å². The lowest BCUT2D eigenvalue weighted by Gasteiger charge is -2.38. The van der Waals surface area contributed by atoms with Crippen LogP contribution in [0.5, 0.6) is 0 Å². The molecule has 0 bridgehead atoms. The van der Waals surface area contributed by atoms with Crippen LogP contribution < -0.4 is 0 Å². The smallest absolute Gasteiger partial charge is 0.145 e. The Labute approximate surface area is 107 Å². The van der Waals surface area contributed by atoms with Crippen LogP contribution in [-0.4, -0.2) is 14.4 Å². The average molecular weight is 250 g/mol. The number of aldehydes is 1. The molecule has 1 nitrogen and oxygen atoms in total. The molecular formula is C15H26OSi. The van der Waals surface area contributed by atoms with Crippen LogP contribution in [0, 0.1) is 23.3 Å². The fraction of sp³-hybridized carbons (Fsp3) is 0.800. The summed E-state index contributed by atoms with van der Waals surface area (Å²) in [5.74, 6) is 4.03. The number of rotatable bonds is 4. The highest BCUT2D eigenvalue weighted by Gasteiger charge is 2.43. The molecule has 0 N–H and O–H groups in total. The minimum atomic E-state index is -1.57. The van der Waals surface area contributed by atoms with Gasteiger partial charge in [-0.25, -0.2) is 0 Å². The third-order valence-electron chi connectivity index (χ3n) is 4.35. The Bertz CT molecular complexity index is 311. The molecule has 0 spiro atoms. The van der Waals surface area contributed by atoms with Crippen molar-refractivity contribution in [3.8, 4) is 11.5 Å². The van der Waals surface area contributed by atoms with E-state index in [2.05, 4.69) is 53.0 Å². The van der Waals surface area contributed by atoms with Crippen LogP contribution in [0.25, 0.3) is 0 Å². The van der Waals surface area contributed by atoms with Gasteiger partial charge in [-0.15, -0.1) is 11.5 Å². The minimum absolute atomic E-state index is 0.237. The van der Waals surface area contributed by atoms with Gasteiger partial charge < -0.3 is 4.79 Å². The van der Waals surface area contributed by atoms with E-state index in [1.54, 1.807) is 0 Å². The summed E-state index contributed by atoms with van der Waals surface area (Å²) < 4.78 is 0. The summed E-state index contributed by atoms with van der Waals surface area (Å²) >= 11 is 0. The van der Waals surface area contributed by atoms with Crippen molar-refractivity contribution in [1.29, 1.82) is 0 Å². The molecule has 0 aromatic carbocycles. The largest absolute Gasteiger partial charge is 0.303 e. The predicted molar refractivity (Wildman–Crippen MR) is 76.5 cm³/mol. The zero-order chi connectivity index (χ0) is 13.2. The zero-order valence-corrected chi connectivity index (χ0v) is 13.1. The van der Waals surface area contributed by atoms with Crippen LogP contribution in [0.1, 0.15) is 48.0 Å². The van der Waals surface area contributed by atoms with Crippen molar-refractivity contribution in [2.24, 2.45) is 11.8 Å². The maximum Gasteiger partial charge on any atom is 0.145 e. The lowest BCUT2D eigenvalue weighted by molar-refractivity contribution is -0.108. The molecule has 17 heavy (non-hydrogen) atoms. The molecule has 0 aromatic rings. The quantitative estimate of drug-likeness (QED) is 0.418. The highest BCUT2D eigenvalue weighted by molar-refractivity contribution is 6.90. The highest BCUT2D eigenvalue weighted by Crippen LogP contribution is 2.42. The van der Waals surface area contributed by atoms with Crippen LogP contribution in [0.3, 0.4) is 0 Å². The average Bonchev–Trinajstić information content (AvgIpc) is 2.95. The van der Waals surface area contributed by atoms with Gasteiger partial charge in [-0.1, -0.05) is 41.5 Å². The van der Waals surface area contributed by atoms with Crippen LogP contribution in [0.2, 0.25) is 16.6 Å². The first kappa shape index (κ1) is 14.5. The van der Waals surface area contributed by atoms with Crippen molar-refractivity contribution in [3.63, 3.8) is 0 Å². The molecule has 1 saturated carbocycles. The second-order valence-electron chi connectivity index (χ2n) is 6.31. The van der Waals surface area contributed by atoms with E-state index < -0.39 is 8.07 Å². The molecule has 2 atom stereocenters. The van der Waals surface area contributed by atoms with Gasteiger partial charge in [0.15, 0.2) is 0 Å². The van der Waals surface area contributed by atoms with Gasteiger partial charge >= 0.3 is 0 Å². The Kier molecular flexibility index (Phi) is 4.60. The third-order valence-corrected chi connectivity index (χ3v) is 10.7. The molecule has 0 radical (unpaired) electrons. The summed E-state index contributed by atoms with van der Waals surface area (Å²) in [4.78, 5) is 10.6. The summed E-state index contributed by atoms with van der Waals surface area (Å²) in [6, 6.07) is 0. The van der Waals surface area contributed by atoms with Crippen LogP contribution in [0.4, 0.5) is 0 Å². The Morgan fingerprint density at radius 3 is 1.82 bits per heavy atom. The lowest BCUT2D eigenvalue weighted by atomic mass is 10.3. The van der Waals surface area contributed by atoms with Gasteiger partial charge in [-0.2, -0.15) is 0 Å². The first-order valence-electron chi connectivity index (χ1n) is 6.84. The summed E-state index contributed by atoms with van der Waals surface area (Å²) in [5.41, 5.74) is 5.74. The van der Waals surface area contributed by atoms with E-state index >= 15 is 0 Å². The molecule has 0 aromatic heterocycles. The molecule has 1 rings (SSSR count). The van der Waals surface area contributed by atoms with Gasteiger partial charge in [-0.05, 0) is 23.0 Å². The minimum Gasteiger partial charge on any atom is -0.303 e. The molecule has 2 heteroatoms. The number of hydrogen-bond acceptors (Lipinski definition) is 1. The van der Waals surface area contributed by atoms with E-state index in [0.717, 1.165) is 12.7 Å². The molecule has 1 fully saturated rings. The third kappa shape index (κ3) is 2.82. The summed E-state index contributed by atoms with van der Waals surface area (Å²) in [5, 5.41) is 0. The van der Waals surface area contributed by atoms with Gasteiger partial charge in [0.2, 0.25) is 0 Å². The number of hydrogen-bond donors (Lipinski definition) is 0. The predicted octanol–water partition coefficient (Wildman–Crippen LogP) is 4.04. The van der Waals surface area contributed by atoms with Crippen molar-refractivity contribution >= 4 is 14.4 Å². The molecule has 0 unspecified atom stereocenters. The maximum absolute atomic E-state index is 10.6. The van der Waals surface area contributed by atoms with Crippen LogP contribution in [-0.2, 0) is 4.79 Å².